The fourth-order valence-electron chi connectivity index (χ4n) is 6.67. The largest absolute Gasteiger partial charge is 0.511 e. The van der Waals surface area contributed by atoms with E-state index in [-0.39, 0.29) is 59.8 Å². The number of phenols is 1. The Labute approximate surface area is 218 Å². The summed E-state index contributed by atoms with van der Waals surface area (Å²) < 4.78 is 16.1. The molecular formula is C27H32FN3O7. The molecule has 0 aromatic heterocycles. The number of carbonyl (C=O) groups is 3. The van der Waals surface area contributed by atoms with E-state index in [4.69, 9.17) is 5.73 Å². The number of benzene rings is 1. The molecule has 1 unspecified atom stereocenters. The van der Waals surface area contributed by atoms with Gasteiger partial charge in [0, 0.05) is 48.2 Å². The van der Waals surface area contributed by atoms with E-state index in [1.165, 1.54) is 0 Å². The van der Waals surface area contributed by atoms with Crippen molar-refractivity contribution in [2.75, 3.05) is 18.9 Å². The van der Waals surface area contributed by atoms with Crippen molar-refractivity contribution in [1.82, 2.24) is 4.90 Å². The van der Waals surface area contributed by atoms with Gasteiger partial charge in [-0.2, -0.15) is 0 Å². The van der Waals surface area contributed by atoms with Gasteiger partial charge in [-0.05, 0) is 38.1 Å². The third kappa shape index (κ3) is 3.55. The van der Waals surface area contributed by atoms with Crippen LogP contribution >= 0.6 is 0 Å². The van der Waals surface area contributed by atoms with Gasteiger partial charge in [0.15, 0.2) is 17.1 Å². The molecule has 1 amide bonds. The number of rotatable bonds is 3. The van der Waals surface area contributed by atoms with E-state index in [1.807, 2.05) is 11.9 Å². The quantitative estimate of drug-likeness (QED) is 0.253. The lowest BCUT2D eigenvalue weighted by Crippen LogP contribution is -2.57. The summed E-state index contributed by atoms with van der Waals surface area (Å²) in [5, 5.41) is 47.1. The number of likely N-dealkylation sites (N-methyl/N-ethyl adjacent to an activating group) is 1. The highest BCUT2D eigenvalue weighted by Gasteiger charge is 2.60. The molecule has 5 rings (SSSR count). The van der Waals surface area contributed by atoms with Crippen LogP contribution in [0.4, 0.5) is 10.1 Å². The highest BCUT2D eigenvalue weighted by Crippen LogP contribution is 2.53. The Morgan fingerprint density at radius 1 is 1.21 bits per heavy atom. The zero-order valence-electron chi connectivity index (χ0n) is 21.5. The zero-order chi connectivity index (χ0) is 27.8. The Hall–Kier alpha value is -3.44. The summed E-state index contributed by atoms with van der Waals surface area (Å²) in [5.74, 6) is -7.55. The number of phenolic OH excluding ortho intramolecular Hbond substituents is 1. The van der Waals surface area contributed by atoms with E-state index in [1.54, 1.807) is 0 Å². The maximum absolute atomic E-state index is 16.1. The van der Waals surface area contributed by atoms with Gasteiger partial charge in [0.25, 0.3) is 5.91 Å². The number of ketones is 2. The Kier molecular flexibility index (Phi) is 6.07. The van der Waals surface area contributed by atoms with Gasteiger partial charge < -0.3 is 31.5 Å². The minimum absolute atomic E-state index is 0.00970. The SMILES string of the molecule is CC(C)C[C@@H]1CNc2c(O)c3c(c(F)c2CN1C)C[C@H]1CC2CC(O)=C(C(N)=O)C(=O)[C@@]2(O)C(O)=C1C3=O. The van der Waals surface area contributed by atoms with Crippen LogP contribution < -0.4 is 11.1 Å². The molecule has 1 aliphatic heterocycles. The molecule has 38 heavy (non-hydrogen) atoms. The van der Waals surface area contributed by atoms with Crippen LogP contribution in [0.25, 0.3) is 0 Å². The zero-order valence-corrected chi connectivity index (χ0v) is 21.5. The number of fused-ring (bicyclic) bond motifs is 4. The van der Waals surface area contributed by atoms with Crippen LogP contribution in [0.3, 0.4) is 0 Å². The van der Waals surface area contributed by atoms with Crippen molar-refractivity contribution in [2.24, 2.45) is 23.5 Å². The van der Waals surface area contributed by atoms with Crippen molar-refractivity contribution in [2.45, 2.75) is 57.7 Å². The number of carbonyl (C=O) groups excluding carboxylic acids is 3. The number of halogens is 1. The normalized spacial score (nSPS) is 29.4. The standard InChI is InChI=1S/C27H32FN3O7/c1-10(2)4-13-8-30-21-15(9-31(13)3)20(28)14-6-11-5-12-7-16(32)19(26(29)37)25(36)27(12,38)24(35)17(11)22(33)18(14)23(21)34/h10-13,30,32,34-35,38H,4-9H2,1-3H3,(H2,29,37)/t11-,12?,13-,27+/m1/s1. The maximum Gasteiger partial charge on any atom is 0.255 e. The minimum Gasteiger partial charge on any atom is -0.511 e. The van der Waals surface area contributed by atoms with Crippen LogP contribution in [0.15, 0.2) is 22.7 Å². The van der Waals surface area contributed by atoms with Gasteiger partial charge in [0.1, 0.15) is 22.9 Å². The summed E-state index contributed by atoms with van der Waals surface area (Å²) >= 11 is 0. The molecule has 3 aliphatic carbocycles. The van der Waals surface area contributed by atoms with Crippen molar-refractivity contribution >= 4 is 23.2 Å². The van der Waals surface area contributed by atoms with Crippen LogP contribution in [0, 0.1) is 23.6 Å². The molecule has 1 aromatic rings. The second kappa shape index (κ2) is 8.81. The van der Waals surface area contributed by atoms with E-state index in [0.29, 0.717) is 12.5 Å². The van der Waals surface area contributed by atoms with Crippen molar-refractivity contribution in [3.05, 3.63) is 45.2 Å². The van der Waals surface area contributed by atoms with E-state index in [0.717, 1.165) is 6.42 Å². The van der Waals surface area contributed by atoms with Crippen molar-refractivity contribution in [1.29, 1.82) is 0 Å². The van der Waals surface area contributed by atoms with E-state index < -0.39 is 63.6 Å². The Bertz CT molecular complexity index is 1350. The average molecular weight is 530 g/mol. The monoisotopic (exact) mass is 529 g/mol. The molecule has 4 aliphatic rings. The molecule has 4 atom stereocenters. The predicted octanol–water partition coefficient (Wildman–Crippen LogP) is 1.99. The van der Waals surface area contributed by atoms with Gasteiger partial charge in [-0.15, -0.1) is 0 Å². The number of Topliss-reactive ketones (excluding diaryl/α,β-unsaturated/α-hetero) is 2. The number of hydrogen-bond donors (Lipinski definition) is 6. The van der Waals surface area contributed by atoms with Gasteiger partial charge >= 0.3 is 0 Å². The molecule has 0 radical (unpaired) electrons. The summed E-state index contributed by atoms with van der Waals surface area (Å²) in [6.45, 7) is 4.80. The number of anilines is 1. The molecule has 0 bridgehead atoms. The number of aliphatic hydroxyl groups excluding tert-OH is 2. The minimum atomic E-state index is -2.65. The Morgan fingerprint density at radius 2 is 1.89 bits per heavy atom. The number of allylic oxidation sites excluding steroid dienone is 2. The molecular weight excluding hydrogens is 497 g/mol. The van der Waals surface area contributed by atoms with Gasteiger partial charge in [0.05, 0.1) is 11.3 Å². The first-order chi connectivity index (χ1) is 17.8. The molecule has 7 N–H and O–H groups in total. The van der Waals surface area contributed by atoms with Gasteiger partial charge in [-0.1, -0.05) is 13.8 Å². The molecule has 0 fully saturated rings. The number of aromatic hydroxyl groups is 1. The molecule has 1 heterocycles. The van der Waals surface area contributed by atoms with Gasteiger partial charge in [-0.25, -0.2) is 4.39 Å². The number of nitrogens with two attached hydrogens (primary N) is 1. The van der Waals surface area contributed by atoms with Crippen LogP contribution in [0.1, 0.15) is 54.6 Å². The molecule has 0 saturated heterocycles. The fraction of sp³-hybridized carbons (Fsp3) is 0.519. The summed E-state index contributed by atoms with van der Waals surface area (Å²) in [7, 11) is 1.88. The highest BCUT2D eigenvalue weighted by atomic mass is 19.1. The molecule has 204 valence electrons. The van der Waals surface area contributed by atoms with Gasteiger partial charge in [0.2, 0.25) is 5.78 Å². The second-order valence-electron chi connectivity index (χ2n) is 11.4. The topological polar surface area (TPSA) is 173 Å². The first kappa shape index (κ1) is 26.2. The van der Waals surface area contributed by atoms with Crippen LogP contribution in [-0.2, 0) is 22.6 Å². The molecule has 0 spiro atoms. The summed E-state index contributed by atoms with van der Waals surface area (Å²) in [4.78, 5) is 40.6. The predicted molar refractivity (Wildman–Crippen MR) is 134 cm³/mol. The van der Waals surface area contributed by atoms with E-state index in [9.17, 15) is 34.8 Å². The second-order valence-corrected chi connectivity index (χ2v) is 11.4. The number of primary amides is 1. The van der Waals surface area contributed by atoms with Crippen molar-refractivity contribution < 1.29 is 39.2 Å². The number of aliphatic hydroxyl groups is 3. The third-order valence-electron chi connectivity index (χ3n) is 8.55. The fourth-order valence-corrected chi connectivity index (χ4v) is 6.67. The van der Waals surface area contributed by atoms with Crippen LogP contribution in [0.2, 0.25) is 0 Å². The lowest BCUT2D eigenvalue weighted by atomic mass is 9.60. The summed E-state index contributed by atoms with van der Waals surface area (Å²) in [5.41, 5.74) is 1.46. The van der Waals surface area contributed by atoms with Gasteiger partial charge in [-0.3, -0.25) is 19.3 Å². The van der Waals surface area contributed by atoms with Crippen LogP contribution in [0.5, 0.6) is 5.75 Å². The molecule has 11 heteroatoms. The van der Waals surface area contributed by atoms with Crippen LogP contribution in [-0.4, -0.2) is 68.0 Å². The van der Waals surface area contributed by atoms with Crippen molar-refractivity contribution in [3.63, 3.8) is 0 Å². The van der Waals surface area contributed by atoms with Crippen molar-refractivity contribution in [3.8, 4) is 5.75 Å². The average Bonchev–Trinajstić information content (AvgIpc) is 2.98. The summed E-state index contributed by atoms with van der Waals surface area (Å²) in [6, 6.07) is 0.0614. The Morgan fingerprint density at radius 3 is 2.53 bits per heavy atom. The smallest absolute Gasteiger partial charge is 0.255 e. The lowest BCUT2D eigenvalue weighted by Gasteiger charge is -2.45. The highest BCUT2D eigenvalue weighted by molar-refractivity contribution is 6.24. The first-order valence-electron chi connectivity index (χ1n) is 12.8. The first-order valence-corrected chi connectivity index (χ1v) is 12.8. The summed E-state index contributed by atoms with van der Waals surface area (Å²) in [6.07, 6.45) is 0.387. The molecule has 0 saturated carbocycles. The lowest BCUT2D eigenvalue weighted by molar-refractivity contribution is -0.144. The third-order valence-corrected chi connectivity index (χ3v) is 8.55. The van der Waals surface area contributed by atoms with E-state index in [2.05, 4.69) is 19.2 Å². The number of nitrogens with zero attached hydrogens (tertiary/aromatic N) is 1. The molecule has 1 aromatic carbocycles. The maximum atomic E-state index is 16.1. The number of amides is 1. The Balaban J connectivity index is 1.62. The molecule has 10 nitrogen and oxygen atoms in total. The number of hydrogen-bond acceptors (Lipinski definition) is 9. The van der Waals surface area contributed by atoms with E-state index >= 15 is 4.39 Å². The number of nitrogens with one attached hydrogen (secondary N) is 1.